The maximum Gasteiger partial charge on any atom is 0.293 e. The average Bonchev–Trinajstić information content (AvgIpc) is 3.20. The number of rotatable bonds is 6. The number of carbonyl (C=O) groups is 2. The molecule has 32 heavy (non-hydrogen) atoms. The molecule has 0 atom stereocenters. The van der Waals surface area contributed by atoms with Crippen LogP contribution in [-0.2, 0) is 11.3 Å². The molecule has 5 nitrogen and oxygen atoms in total. The third kappa shape index (κ3) is 4.63. The molecule has 0 radical (unpaired) electrons. The quantitative estimate of drug-likeness (QED) is 0.262. The van der Waals surface area contributed by atoms with Gasteiger partial charge in [0.15, 0.2) is 0 Å². The monoisotopic (exact) mass is 558 g/mol. The van der Waals surface area contributed by atoms with Gasteiger partial charge in [-0.25, -0.2) is 0 Å². The van der Waals surface area contributed by atoms with Gasteiger partial charge in [-0.3, -0.25) is 14.5 Å². The molecule has 1 aromatic heterocycles. The minimum absolute atomic E-state index is 0.236. The summed E-state index contributed by atoms with van der Waals surface area (Å²) in [6, 6.07) is 17.8. The van der Waals surface area contributed by atoms with Crippen LogP contribution in [0.3, 0.4) is 0 Å². The highest BCUT2D eigenvalue weighted by Crippen LogP contribution is 2.34. The van der Waals surface area contributed by atoms with E-state index in [0.717, 1.165) is 49.3 Å². The average molecular weight is 558 g/mol. The Kier molecular flexibility index (Phi) is 6.76. The van der Waals surface area contributed by atoms with Gasteiger partial charge in [0.1, 0.15) is 5.75 Å². The van der Waals surface area contributed by atoms with Gasteiger partial charge in [0.25, 0.3) is 11.1 Å². The van der Waals surface area contributed by atoms with E-state index < -0.39 is 0 Å². The number of aryl methyl sites for hydroxylation is 1. The van der Waals surface area contributed by atoms with Crippen molar-refractivity contribution in [2.45, 2.75) is 27.3 Å². The fraction of sp³-hybridized carbons (Fsp3) is 0.200. The molecular weight excluding hydrogens is 535 g/mol. The number of carbonyl (C=O) groups excluding carboxylic acids is 2. The third-order valence-corrected chi connectivity index (χ3v) is 6.92. The maximum atomic E-state index is 13.0. The second-order valence-corrected chi connectivity index (χ2v) is 9.72. The van der Waals surface area contributed by atoms with Gasteiger partial charge in [-0.1, -0.05) is 12.1 Å². The summed E-state index contributed by atoms with van der Waals surface area (Å²) in [4.78, 5) is 27.2. The van der Waals surface area contributed by atoms with Crippen LogP contribution in [0.25, 0.3) is 11.8 Å². The van der Waals surface area contributed by atoms with Gasteiger partial charge >= 0.3 is 0 Å². The molecule has 0 aliphatic carbocycles. The lowest BCUT2D eigenvalue weighted by Crippen LogP contribution is -2.27. The Balaban J connectivity index is 1.58. The van der Waals surface area contributed by atoms with Crippen LogP contribution in [0.5, 0.6) is 5.75 Å². The molecule has 2 amide bonds. The van der Waals surface area contributed by atoms with Crippen molar-refractivity contribution in [3.8, 4) is 11.4 Å². The van der Waals surface area contributed by atoms with E-state index in [4.69, 9.17) is 4.74 Å². The SMILES string of the molecule is CCOc1ccc(-n2c(C)cc(/C=C3\SC(=O)N(Cc4ccc(I)cc4)C3=O)c2C)cc1. The van der Waals surface area contributed by atoms with E-state index in [1.54, 1.807) is 0 Å². The molecule has 4 rings (SSSR count). The van der Waals surface area contributed by atoms with E-state index in [2.05, 4.69) is 27.2 Å². The van der Waals surface area contributed by atoms with Gasteiger partial charge in [0.2, 0.25) is 0 Å². The predicted molar refractivity (Wildman–Crippen MR) is 137 cm³/mol. The maximum absolute atomic E-state index is 13.0. The van der Waals surface area contributed by atoms with E-state index in [1.807, 2.05) is 81.4 Å². The molecule has 1 aliphatic rings. The molecule has 7 heteroatoms. The molecule has 2 heterocycles. The molecule has 1 saturated heterocycles. The third-order valence-electron chi connectivity index (χ3n) is 5.29. The van der Waals surface area contributed by atoms with Crippen molar-refractivity contribution < 1.29 is 14.3 Å². The fourth-order valence-electron chi connectivity index (χ4n) is 3.74. The Labute approximate surface area is 205 Å². The smallest absolute Gasteiger partial charge is 0.293 e. The van der Waals surface area contributed by atoms with Crippen molar-refractivity contribution >= 4 is 51.6 Å². The van der Waals surface area contributed by atoms with Crippen molar-refractivity contribution in [1.82, 2.24) is 9.47 Å². The van der Waals surface area contributed by atoms with Crippen LogP contribution in [-0.4, -0.2) is 27.2 Å². The summed E-state index contributed by atoms with van der Waals surface area (Å²) in [5, 5.41) is -0.236. The van der Waals surface area contributed by atoms with Crippen molar-refractivity contribution in [3.05, 3.63) is 85.6 Å². The summed E-state index contributed by atoms with van der Waals surface area (Å²) >= 11 is 3.23. The van der Waals surface area contributed by atoms with E-state index in [-0.39, 0.29) is 17.7 Å². The number of amides is 2. The Morgan fingerprint density at radius 1 is 1.03 bits per heavy atom. The van der Waals surface area contributed by atoms with Gasteiger partial charge in [0.05, 0.1) is 18.1 Å². The second-order valence-electron chi connectivity index (χ2n) is 7.48. The van der Waals surface area contributed by atoms with Crippen molar-refractivity contribution in [2.24, 2.45) is 0 Å². The second kappa shape index (κ2) is 9.54. The zero-order chi connectivity index (χ0) is 22.8. The molecule has 3 aromatic rings. The number of halogens is 1. The minimum Gasteiger partial charge on any atom is -0.494 e. The van der Waals surface area contributed by atoms with E-state index in [9.17, 15) is 9.59 Å². The molecule has 0 N–H and O–H groups in total. The van der Waals surface area contributed by atoms with Crippen LogP contribution in [0.15, 0.2) is 59.5 Å². The highest BCUT2D eigenvalue weighted by atomic mass is 127. The summed E-state index contributed by atoms with van der Waals surface area (Å²) in [6.07, 6.45) is 1.83. The molecule has 0 saturated carbocycles. The number of thioether (sulfide) groups is 1. The van der Waals surface area contributed by atoms with Crippen molar-refractivity contribution in [1.29, 1.82) is 0 Å². The molecule has 0 bridgehead atoms. The van der Waals surface area contributed by atoms with E-state index in [0.29, 0.717) is 11.5 Å². The molecule has 1 aliphatic heterocycles. The summed E-state index contributed by atoms with van der Waals surface area (Å²) < 4.78 is 8.79. The molecule has 2 aromatic carbocycles. The van der Waals surface area contributed by atoms with Crippen LogP contribution in [0.4, 0.5) is 4.79 Å². The Morgan fingerprint density at radius 3 is 2.38 bits per heavy atom. The van der Waals surface area contributed by atoms with Crippen LogP contribution >= 0.6 is 34.4 Å². The Morgan fingerprint density at radius 2 is 1.72 bits per heavy atom. The van der Waals surface area contributed by atoms with Crippen LogP contribution in [0.2, 0.25) is 0 Å². The Hall–Kier alpha value is -2.52. The number of hydrogen-bond donors (Lipinski definition) is 0. The molecule has 164 valence electrons. The van der Waals surface area contributed by atoms with Gasteiger partial charge in [-0.15, -0.1) is 0 Å². The first-order valence-corrected chi connectivity index (χ1v) is 12.2. The minimum atomic E-state index is -0.246. The van der Waals surface area contributed by atoms with Gasteiger partial charge in [0, 0.05) is 20.6 Å². The highest BCUT2D eigenvalue weighted by Gasteiger charge is 2.35. The van der Waals surface area contributed by atoms with Crippen molar-refractivity contribution in [2.75, 3.05) is 6.61 Å². The number of benzene rings is 2. The van der Waals surface area contributed by atoms with Crippen molar-refractivity contribution in [3.63, 3.8) is 0 Å². The zero-order valence-corrected chi connectivity index (χ0v) is 21.1. The first kappa shape index (κ1) is 22.7. The van der Waals surface area contributed by atoms with Gasteiger partial charge < -0.3 is 9.30 Å². The summed E-state index contributed by atoms with van der Waals surface area (Å²) in [5.74, 6) is 0.588. The summed E-state index contributed by atoms with van der Waals surface area (Å²) in [7, 11) is 0. The molecular formula is C25H23IN2O3S. The van der Waals surface area contributed by atoms with E-state index in [1.165, 1.54) is 4.90 Å². The number of imide groups is 1. The normalized spacial score (nSPS) is 15.1. The Bertz CT molecular complexity index is 1200. The summed E-state index contributed by atoms with van der Waals surface area (Å²) in [6.45, 7) is 6.92. The lowest BCUT2D eigenvalue weighted by atomic mass is 10.2. The number of nitrogens with zero attached hydrogens (tertiary/aromatic N) is 2. The highest BCUT2D eigenvalue weighted by molar-refractivity contribution is 14.1. The number of ether oxygens (including phenoxy) is 1. The first-order chi connectivity index (χ1) is 15.4. The van der Waals surface area contributed by atoms with E-state index >= 15 is 0 Å². The standard InChI is InChI=1S/C25H23IN2O3S/c1-4-31-22-11-9-21(10-12-22)28-16(2)13-19(17(28)3)14-23-24(29)27(25(30)32-23)15-18-5-7-20(26)8-6-18/h5-14H,4,15H2,1-3H3/b23-14-. The summed E-state index contributed by atoms with van der Waals surface area (Å²) in [5.41, 5.74) is 4.95. The first-order valence-electron chi connectivity index (χ1n) is 10.3. The zero-order valence-electron chi connectivity index (χ0n) is 18.1. The van der Waals surface area contributed by atoms with Gasteiger partial charge in [-0.2, -0.15) is 0 Å². The lowest BCUT2D eigenvalue weighted by Gasteiger charge is -2.12. The molecule has 1 fully saturated rings. The number of aromatic nitrogens is 1. The van der Waals surface area contributed by atoms with Gasteiger partial charge in [-0.05, 0) is 115 Å². The lowest BCUT2D eigenvalue weighted by molar-refractivity contribution is -0.123. The predicted octanol–water partition coefficient (Wildman–Crippen LogP) is 6.33. The topological polar surface area (TPSA) is 51.5 Å². The largest absolute Gasteiger partial charge is 0.494 e. The number of hydrogen-bond acceptors (Lipinski definition) is 4. The van der Waals surface area contributed by atoms with Crippen LogP contribution in [0, 0.1) is 17.4 Å². The van der Waals surface area contributed by atoms with Crippen LogP contribution in [0.1, 0.15) is 29.4 Å². The molecule has 0 spiro atoms. The van der Waals surface area contributed by atoms with Crippen LogP contribution < -0.4 is 4.74 Å². The fourth-order valence-corrected chi connectivity index (χ4v) is 4.93. The molecule has 0 unspecified atom stereocenters.